The number of rotatable bonds is 2. The van der Waals surface area contributed by atoms with Crippen molar-refractivity contribution < 1.29 is 19.4 Å². The van der Waals surface area contributed by atoms with Crippen LogP contribution in [0.2, 0.25) is 0 Å². The van der Waals surface area contributed by atoms with E-state index in [9.17, 15) is 4.79 Å². The van der Waals surface area contributed by atoms with E-state index in [2.05, 4.69) is 0 Å². The lowest BCUT2D eigenvalue weighted by atomic mass is 9.84. The molecule has 1 amide bonds. The third-order valence-corrected chi connectivity index (χ3v) is 3.64. The van der Waals surface area contributed by atoms with Crippen molar-refractivity contribution in [2.75, 3.05) is 39.5 Å². The van der Waals surface area contributed by atoms with E-state index in [-0.39, 0.29) is 24.7 Å². The van der Waals surface area contributed by atoms with E-state index in [0.717, 1.165) is 0 Å². The highest BCUT2D eigenvalue weighted by Crippen LogP contribution is 2.30. The van der Waals surface area contributed by atoms with Gasteiger partial charge in [-0.1, -0.05) is 0 Å². The van der Waals surface area contributed by atoms with Crippen LogP contribution in [0.4, 0.5) is 0 Å². The van der Waals surface area contributed by atoms with Gasteiger partial charge in [-0.05, 0) is 6.92 Å². The van der Waals surface area contributed by atoms with Crippen LogP contribution in [0, 0.1) is 5.41 Å². The van der Waals surface area contributed by atoms with Gasteiger partial charge in [0.1, 0.15) is 0 Å². The van der Waals surface area contributed by atoms with E-state index >= 15 is 0 Å². The molecule has 0 aromatic rings. The minimum atomic E-state index is -0.642. The SMILES string of the molecule is CC1(C(=O)N2CCOC(CO)C2)COCC1N. The number of amides is 1. The Hall–Kier alpha value is -0.690. The Kier molecular flexibility index (Phi) is 3.67. The number of aliphatic hydroxyl groups excluding tert-OH is 1. The van der Waals surface area contributed by atoms with Gasteiger partial charge in [0.05, 0.1) is 37.9 Å². The summed E-state index contributed by atoms with van der Waals surface area (Å²) in [4.78, 5) is 14.1. The summed E-state index contributed by atoms with van der Waals surface area (Å²) in [5, 5.41) is 9.06. The highest BCUT2D eigenvalue weighted by atomic mass is 16.5. The predicted molar refractivity (Wildman–Crippen MR) is 60.3 cm³/mol. The summed E-state index contributed by atoms with van der Waals surface area (Å²) in [6.07, 6.45) is -0.283. The molecule has 0 saturated carbocycles. The molecule has 6 heteroatoms. The Morgan fingerprint density at radius 3 is 3.00 bits per heavy atom. The number of aliphatic hydroxyl groups is 1. The first kappa shape index (κ1) is 12.8. The fourth-order valence-corrected chi connectivity index (χ4v) is 2.28. The van der Waals surface area contributed by atoms with E-state index in [0.29, 0.717) is 32.9 Å². The molecular formula is C11H20N2O4. The second-order valence-corrected chi connectivity index (χ2v) is 4.97. The third-order valence-electron chi connectivity index (χ3n) is 3.64. The molecule has 3 N–H and O–H groups in total. The Bertz CT molecular complexity index is 299. The molecule has 2 saturated heterocycles. The first-order valence-electron chi connectivity index (χ1n) is 5.93. The largest absolute Gasteiger partial charge is 0.394 e. The predicted octanol–water partition coefficient (Wildman–Crippen LogP) is -1.43. The molecule has 6 nitrogen and oxygen atoms in total. The standard InChI is InChI=1S/C11H20N2O4/c1-11(7-16-6-9(11)12)10(15)13-2-3-17-8(4-13)5-14/h8-9,14H,2-7,12H2,1H3. The number of morpholine rings is 1. The fourth-order valence-electron chi connectivity index (χ4n) is 2.28. The normalized spacial score (nSPS) is 38.4. The van der Waals surface area contributed by atoms with Gasteiger partial charge in [0, 0.05) is 19.1 Å². The molecule has 2 rings (SSSR count). The van der Waals surface area contributed by atoms with Crippen LogP contribution in [0.25, 0.3) is 0 Å². The molecule has 2 heterocycles. The molecule has 2 fully saturated rings. The molecule has 2 aliphatic rings. The van der Waals surface area contributed by atoms with E-state index < -0.39 is 5.41 Å². The smallest absolute Gasteiger partial charge is 0.232 e. The summed E-state index contributed by atoms with van der Waals surface area (Å²) < 4.78 is 10.6. The van der Waals surface area contributed by atoms with Crippen molar-refractivity contribution >= 4 is 5.91 Å². The molecular weight excluding hydrogens is 224 g/mol. The lowest BCUT2D eigenvalue weighted by Crippen LogP contribution is -2.56. The number of nitrogens with two attached hydrogens (primary N) is 1. The third kappa shape index (κ3) is 2.30. The quantitative estimate of drug-likeness (QED) is 0.622. The minimum absolute atomic E-state index is 0.00394. The van der Waals surface area contributed by atoms with Crippen molar-refractivity contribution in [3.05, 3.63) is 0 Å². The van der Waals surface area contributed by atoms with E-state index in [4.69, 9.17) is 20.3 Å². The van der Waals surface area contributed by atoms with Crippen molar-refractivity contribution in [3.63, 3.8) is 0 Å². The van der Waals surface area contributed by atoms with Gasteiger partial charge in [-0.25, -0.2) is 0 Å². The number of carbonyl (C=O) groups excluding carboxylic acids is 1. The zero-order valence-corrected chi connectivity index (χ0v) is 10.1. The van der Waals surface area contributed by atoms with E-state index in [1.807, 2.05) is 6.92 Å². The number of ether oxygens (including phenoxy) is 2. The Labute approximate surface area is 101 Å². The molecule has 0 bridgehead atoms. The van der Waals surface area contributed by atoms with Crippen LogP contribution in [0.1, 0.15) is 6.92 Å². The molecule has 3 unspecified atom stereocenters. The highest BCUT2D eigenvalue weighted by Gasteiger charge is 2.47. The van der Waals surface area contributed by atoms with Gasteiger partial charge in [0.25, 0.3) is 0 Å². The van der Waals surface area contributed by atoms with Gasteiger partial charge in [0.2, 0.25) is 5.91 Å². The van der Waals surface area contributed by atoms with Crippen LogP contribution in [-0.2, 0) is 14.3 Å². The van der Waals surface area contributed by atoms with Gasteiger partial charge in [-0.15, -0.1) is 0 Å². The van der Waals surface area contributed by atoms with Gasteiger partial charge in [-0.3, -0.25) is 4.79 Å². The van der Waals surface area contributed by atoms with E-state index in [1.54, 1.807) is 4.90 Å². The molecule has 98 valence electrons. The van der Waals surface area contributed by atoms with Crippen LogP contribution < -0.4 is 5.73 Å². The van der Waals surface area contributed by atoms with Crippen molar-refractivity contribution in [2.45, 2.75) is 19.1 Å². The lowest BCUT2D eigenvalue weighted by molar-refractivity contribution is -0.150. The average Bonchev–Trinajstić information content (AvgIpc) is 2.70. The molecule has 0 aromatic heterocycles. The maximum absolute atomic E-state index is 12.4. The number of hydrogen-bond donors (Lipinski definition) is 2. The van der Waals surface area contributed by atoms with Crippen molar-refractivity contribution in [1.82, 2.24) is 4.90 Å². The zero-order valence-electron chi connectivity index (χ0n) is 10.1. The highest BCUT2D eigenvalue weighted by molar-refractivity contribution is 5.83. The number of hydrogen-bond acceptors (Lipinski definition) is 5. The summed E-state index contributed by atoms with van der Waals surface area (Å²) in [5.41, 5.74) is 5.29. The maximum Gasteiger partial charge on any atom is 0.232 e. The summed E-state index contributed by atoms with van der Waals surface area (Å²) in [6.45, 7) is 4.02. The first-order valence-corrected chi connectivity index (χ1v) is 5.93. The Morgan fingerprint density at radius 1 is 1.65 bits per heavy atom. The second kappa shape index (κ2) is 4.89. The Balaban J connectivity index is 2.04. The summed E-state index contributed by atoms with van der Waals surface area (Å²) >= 11 is 0. The molecule has 3 atom stereocenters. The molecule has 2 aliphatic heterocycles. The molecule has 0 radical (unpaired) electrons. The maximum atomic E-state index is 12.4. The van der Waals surface area contributed by atoms with Gasteiger partial charge in [0.15, 0.2) is 0 Å². The second-order valence-electron chi connectivity index (χ2n) is 4.97. The van der Waals surface area contributed by atoms with Crippen LogP contribution >= 0.6 is 0 Å². The summed E-state index contributed by atoms with van der Waals surface area (Å²) in [7, 11) is 0. The summed E-state index contributed by atoms with van der Waals surface area (Å²) in [6, 6.07) is -0.259. The van der Waals surface area contributed by atoms with Crippen molar-refractivity contribution in [3.8, 4) is 0 Å². The molecule has 0 aromatic carbocycles. The van der Waals surface area contributed by atoms with Crippen LogP contribution in [0.3, 0.4) is 0 Å². The fraction of sp³-hybridized carbons (Fsp3) is 0.909. The van der Waals surface area contributed by atoms with Crippen molar-refractivity contribution in [1.29, 1.82) is 0 Å². The average molecular weight is 244 g/mol. The molecule has 0 aliphatic carbocycles. The van der Waals surface area contributed by atoms with Gasteiger partial charge < -0.3 is 25.2 Å². The van der Waals surface area contributed by atoms with Gasteiger partial charge in [-0.2, -0.15) is 0 Å². The zero-order chi connectivity index (χ0) is 12.5. The molecule has 0 spiro atoms. The topological polar surface area (TPSA) is 85.0 Å². The minimum Gasteiger partial charge on any atom is -0.394 e. The number of carbonyl (C=O) groups is 1. The Morgan fingerprint density at radius 2 is 2.41 bits per heavy atom. The monoisotopic (exact) mass is 244 g/mol. The van der Waals surface area contributed by atoms with Crippen molar-refractivity contribution in [2.24, 2.45) is 11.1 Å². The molecule has 17 heavy (non-hydrogen) atoms. The van der Waals surface area contributed by atoms with Crippen LogP contribution in [-0.4, -0.2) is 67.6 Å². The van der Waals surface area contributed by atoms with Crippen LogP contribution in [0.5, 0.6) is 0 Å². The van der Waals surface area contributed by atoms with Crippen LogP contribution in [0.15, 0.2) is 0 Å². The lowest BCUT2D eigenvalue weighted by Gasteiger charge is -2.37. The first-order chi connectivity index (χ1) is 8.08. The van der Waals surface area contributed by atoms with E-state index in [1.165, 1.54) is 0 Å². The summed E-state index contributed by atoms with van der Waals surface area (Å²) in [5.74, 6) is 0.00394. The number of nitrogens with zero attached hydrogens (tertiary/aromatic N) is 1. The van der Waals surface area contributed by atoms with Gasteiger partial charge >= 0.3 is 0 Å².